The highest BCUT2D eigenvalue weighted by Gasteiger charge is 2.26. The van der Waals surface area contributed by atoms with Crippen molar-refractivity contribution in [2.75, 3.05) is 12.3 Å². The number of hydrogen-bond donors (Lipinski definition) is 1. The van der Waals surface area contributed by atoms with Gasteiger partial charge in [0.2, 0.25) is 0 Å². The lowest BCUT2D eigenvalue weighted by atomic mass is 10.3. The van der Waals surface area contributed by atoms with Gasteiger partial charge in [0, 0.05) is 6.07 Å². The summed E-state index contributed by atoms with van der Waals surface area (Å²) in [6, 6.07) is 4.33. The van der Waals surface area contributed by atoms with E-state index in [-0.39, 0.29) is 10.8 Å². The Labute approximate surface area is 89.8 Å². The number of nitrogen functional groups attached to an aromatic ring is 1. The summed E-state index contributed by atoms with van der Waals surface area (Å²) in [6.07, 6.45) is -5.20. The van der Waals surface area contributed by atoms with Crippen LogP contribution in [0.2, 0.25) is 5.02 Å². The molecule has 0 amide bonds. The van der Waals surface area contributed by atoms with E-state index in [0.717, 1.165) is 0 Å². The van der Waals surface area contributed by atoms with Gasteiger partial charge in [-0.2, -0.15) is 13.2 Å². The fourth-order valence-electron chi connectivity index (χ4n) is 0.882. The van der Waals surface area contributed by atoms with Gasteiger partial charge in [-0.15, -0.1) is 0 Å². The second kappa shape index (κ2) is 4.61. The smallest absolute Gasteiger partial charge is 0.392 e. The lowest BCUT2D eigenvalue weighted by Crippen LogP contribution is -2.13. The molecule has 0 saturated heterocycles. The van der Waals surface area contributed by atoms with Gasteiger partial charge in [-0.25, -0.2) is 0 Å². The lowest BCUT2D eigenvalue weighted by Gasteiger charge is -2.09. The van der Waals surface area contributed by atoms with Crippen molar-refractivity contribution in [3.05, 3.63) is 23.2 Å². The predicted octanol–water partition coefficient (Wildman–Crippen LogP) is 3.25. The topological polar surface area (TPSA) is 35.2 Å². The molecule has 0 saturated carbocycles. The first-order valence-electron chi connectivity index (χ1n) is 4.13. The van der Waals surface area contributed by atoms with Gasteiger partial charge in [0.25, 0.3) is 0 Å². The largest absolute Gasteiger partial charge is 0.493 e. The Morgan fingerprint density at radius 1 is 1.33 bits per heavy atom. The van der Waals surface area contributed by atoms with Crippen molar-refractivity contribution in [1.29, 1.82) is 0 Å². The Kier molecular flexibility index (Phi) is 3.68. The Balaban J connectivity index is 2.48. The molecule has 0 aromatic heterocycles. The quantitative estimate of drug-likeness (QED) is 0.822. The number of nitrogens with two attached hydrogens (primary N) is 1. The third kappa shape index (κ3) is 4.29. The summed E-state index contributed by atoms with van der Waals surface area (Å²) in [4.78, 5) is 0. The van der Waals surface area contributed by atoms with Crippen LogP contribution in [-0.4, -0.2) is 12.8 Å². The first kappa shape index (κ1) is 12.0. The van der Waals surface area contributed by atoms with E-state index in [4.69, 9.17) is 22.1 Å². The first-order valence-corrected chi connectivity index (χ1v) is 4.51. The third-order valence-corrected chi connectivity index (χ3v) is 1.95. The van der Waals surface area contributed by atoms with Crippen molar-refractivity contribution in [3.8, 4) is 5.75 Å². The van der Waals surface area contributed by atoms with Crippen LogP contribution >= 0.6 is 11.6 Å². The zero-order valence-corrected chi connectivity index (χ0v) is 8.40. The molecule has 0 aliphatic heterocycles. The highest BCUT2D eigenvalue weighted by atomic mass is 35.5. The minimum absolute atomic E-state index is 0.263. The van der Waals surface area contributed by atoms with Crippen LogP contribution in [0.1, 0.15) is 6.42 Å². The minimum Gasteiger partial charge on any atom is -0.493 e. The van der Waals surface area contributed by atoms with Crippen LogP contribution in [0.25, 0.3) is 0 Å². The highest BCUT2D eigenvalue weighted by Crippen LogP contribution is 2.25. The summed E-state index contributed by atoms with van der Waals surface area (Å²) in [6.45, 7) is -0.427. The van der Waals surface area contributed by atoms with E-state index < -0.39 is 19.2 Å². The number of hydrogen-bond acceptors (Lipinski definition) is 2. The Morgan fingerprint density at radius 3 is 2.53 bits per heavy atom. The summed E-state index contributed by atoms with van der Waals surface area (Å²) >= 11 is 5.66. The van der Waals surface area contributed by atoms with E-state index in [0.29, 0.717) is 5.69 Å². The van der Waals surface area contributed by atoms with Gasteiger partial charge < -0.3 is 10.5 Å². The van der Waals surface area contributed by atoms with Crippen LogP contribution in [0.4, 0.5) is 18.9 Å². The summed E-state index contributed by atoms with van der Waals surface area (Å²) in [5.41, 5.74) is 5.78. The van der Waals surface area contributed by atoms with E-state index in [1.54, 1.807) is 0 Å². The maximum atomic E-state index is 11.8. The molecule has 0 radical (unpaired) electrons. The number of anilines is 1. The van der Waals surface area contributed by atoms with Gasteiger partial charge in [-0.05, 0) is 12.1 Å². The summed E-state index contributed by atoms with van der Waals surface area (Å²) in [5, 5.41) is 0.263. The molecular formula is C9H9ClF3NO. The fraction of sp³-hybridized carbons (Fsp3) is 0.333. The predicted molar refractivity (Wildman–Crippen MR) is 52.0 cm³/mol. The van der Waals surface area contributed by atoms with Gasteiger partial charge in [0.05, 0.1) is 23.7 Å². The lowest BCUT2D eigenvalue weighted by molar-refractivity contribution is -0.139. The normalized spacial score (nSPS) is 11.5. The third-order valence-electron chi connectivity index (χ3n) is 1.63. The first-order chi connectivity index (χ1) is 6.88. The molecule has 0 spiro atoms. The molecule has 1 rings (SSSR count). The van der Waals surface area contributed by atoms with Gasteiger partial charge in [0.15, 0.2) is 0 Å². The molecule has 0 fully saturated rings. The molecule has 1 aromatic carbocycles. The van der Waals surface area contributed by atoms with Crippen molar-refractivity contribution >= 4 is 17.3 Å². The van der Waals surface area contributed by atoms with E-state index in [1.807, 2.05) is 0 Å². The zero-order valence-electron chi connectivity index (χ0n) is 7.64. The molecule has 2 N–H and O–H groups in total. The van der Waals surface area contributed by atoms with E-state index in [9.17, 15) is 13.2 Å². The second-order valence-corrected chi connectivity index (χ2v) is 3.30. The zero-order chi connectivity index (χ0) is 11.5. The van der Waals surface area contributed by atoms with E-state index >= 15 is 0 Å². The van der Waals surface area contributed by atoms with Crippen molar-refractivity contribution in [1.82, 2.24) is 0 Å². The SMILES string of the molecule is Nc1ccc(OCCC(F)(F)F)cc1Cl. The maximum absolute atomic E-state index is 11.8. The molecule has 0 aliphatic carbocycles. The molecule has 2 nitrogen and oxygen atoms in total. The van der Waals surface area contributed by atoms with E-state index in [2.05, 4.69) is 0 Å². The van der Waals surface area contributed by atoms with Crippen LogP contribution in [0.5, 0.6) is 5.75 Å². The fourth-order valence-corrected chi connectivity index (χ4v) is 1.05. The van der Waals surface area contributed by atoms with E-state index in [1.165, 1.54) is 18.2 Å². The van der Waals surface area contributed by atoms with Crippen LogP contribution in [0.15, 0.2) is 18.2 Å². The van der Waals surface area contributed by atoms with Crippen LogP contribution in [0, 0.1) is 0 Å². The second-order valence-electron chi connectivity index (χ2n) is 2.90. The Morgan fingerprint density at radius 2 is 2.00 bits per heavy atom. The maximum Gasteiger partial charge on any atom is 0.392 e. The standard InChI is InChI=1S/C9H9ClF3NO/c10-7-5-6(1-2-8(7)14)15-4-3-9(11,12)13/h1-2,5H,3-4,14H2. The van der Waals surface area contributed by atoms with Crippen molar-refractivity contribution in [3.63, 3.8) is 0 Å². The van der Waals surface area contributed by atoms with Gasteiger partial charge in [-0.1, -0.05) is 11.6 Å². The van der Waals surface area contributed by atoms with Crippen LogP contribution in [0.3, 0.4) is 0 Å². The molecule has 0 unspecified atom stereocenters. The number of halogens is 4. The highest BCUT2D eigenvalue weighted by molar-refractivity contribution is 6.33. The van der Waals surface area contributed by atoms with Crippen LogP contribution in [-0.2, 0) is 0 Å². The summed E-state index contributed by atoms with van der Waals surface area (Å²) in [5.74, 6) is 0.276. The average Bonchev–Trinajstić information content (AvgIpc) is 2.09. The summed E-state index contributed by atoms with van der Waals surface area (Å²) < 4.78 is 40.2. The van der Waals surface area contributed by atoms with Crippen molar-refractivity contribution in [2.45, 2.75) is 12.6 Å². The Hall–Kier alpha value is -1.10. The number of alkyl halides is 3. The van der Waals surface area contributed by atoms with Crippen molar-refractivity contribution < 1.29 is 17.9 Å². The van der Waals surface area contributed by atoms with Gasteiger partial charge >= 0.3 is 6.18 Å². The van der Waals surface area contributed by atoms with Crippen LogP contribution < -0.4 is 10.5 Å². The Bertz CT molecular complexity index is 341. The molecule has 0 bridgehead atoms. The molecule has 0 atom stereocenters. The molecule has 6 heteroatoms. The monoisotopic (exact) mass is 239 g/mol. The molecular weight excluding hydrogens is 231 g/mol. The van der Waals surface area contributed by atoms with Gasteiger partial charge in [-0.3, -0.25) is 0 Å². The molecule has 0 heterocycles. The van der Waals surface area contributed by atoms with Crippen molar-refractivity contribution in [2.24, 2.45) is 0 Å². The number of benzene rings is 1. The molecule has 15 heavy (non-hydrogen) atoms. The summed E-state index contributed by atoms with van der Waals surface area (Å²) in [7, 11) is 0. The molecule has 84 valence electrons. The number of rotatable bonds is 3. The molecule has 0 aliphatic rings. The average molecular weight is 240 g/mol. The number of ether oxygens (including phenoxy) is 1. The molecule has 1 aromatic rings. The minimum atomic E-state index is -4.21. The van der Waals surface area contributed by atoms with Gasteiger partial charge in [0.1, 0.15) is 5.75 Å².